The molecule has 0 radical (unpaired) electrons. The van der Waals surface area contributed by atoms with Crippen LogP contribution in [0.25, 0.3) is 0 Å². The van der Waals surface area contributed by atoms with E-state index in [9.17, 15) is 9.59 Å². The molecule has 4 rings (SSSR count). The zero-order valence-electron chi connectivity index (χ0n) is 25.8. The van der Waals surface area contributed by atoms with Gasteiger partial charge in [0.1, 0.15) is 18.0 Å². The number of rotatable bonds is 13. The van der Waals surface area contributed by atoms with Crippen molar-refractivity contribution in [1.29, 1.82) is 0 Å². The number of amides is 3. The first-order chi connectivity index (χ1) is 20.9. The number of hydrogen-bond acceptors (Lipinski definition) is 9. The molecule has 2 aromatic rings. The number of ether oxygens (including phenoxy) is 5. The van der Waals surface area contributed by atoms with E-state index in [0.29, 0.717) is 68.0 Å². The Labute approximate surface area is 253 Å². The summed E-state index contributed by atoms with van der Waals surface area (Å²) in [5.74, 6) is 2.08. The zero-order chi connectivity index (χ0) is 30.8. The molecular formula is C31H43N5O7. The van der Waals surface area contributed by atoms with Gasteiger partial charge < -0.3 is 33.9 Å². The topological polar surface area (TPSA) is 114 Å². The van der Waals surface area contributed by atoms with Crippen molar-refractivity contribution >= 4 is 17.6 Å². The number of nitrogens with one attached hydrogen (secondary N) is 1. The molecule has 12 nitrogen and oxygen atoms in total. The van der Waals surface area contributed by atoms with Crippen LogP contribution in [0.15, 0.2) is 41.5 Å². The predicted molar refractivity (Wildman–Crippen MR) is 162 cm³/mol. The van der Waals surface area contributed by atoms with Crippen molar-refractivity contribution in [2.75, 3.05) is 80.9 Å². The number of urea groups is 1. The molecule has 1 N–H and O–H groups in total. The fraction of sp³-hybridized carbons (Fsp3) is 0.516. The maximum atomic E-state index is 14.0. The van der Waals surface area contributed by atoms with Crippen LogP contribution < -0.4 is 24.3 Å². The second kappa shape index (κ2) is 15.4. The van der Waals surface area contributed by atoms with Crippen LogP contribution in [0.1, 0.15) is 36.9 Å². The molecule has 2 aliphatic rings. The minimum absolute atomic E-state index is 0.125. The van der Waals surface area contributed by atoms with E-state index in [2.05, 4.69) is 10.2 Å². The van der Waals surface area contributed by atoms with Gasteiger partial charge in [-0.3, -0.25) is 9.69 Å². The minimum Gasteiger partial charge on any atom is -0.497 e. The van der Waals surface area contributed by atoms with Gasteiger partial charge in [0, 0.05) is 50.8 Å². The Balaban J connectivity index is 1.64. The summed E-state index contributed by atoms with van der Waals surface area (Å²) in [6.45, 7) is 6.35. The van der Waals surface area contributed by atoms with Crippen molar-refractivity contribution in [1.82, 2.24) is 20.1 Å². The molecule has 0 bridgehead atoms. The van der Waals surface area contributed by atoms with Crippen molar-refractivity contribution in [2.45, 2.75) is 25.8 Å². The van der Waals surface area contributed by atoms with Gasteiger partial charge in [0.2, 0.25) is 0 Å². The highest BCUT2D eigenvalue weighted by Crippen LogP contribution is 2.39. The summed E-state index contributed by atoms with van der Waals surface area (Å²) in [7, 11) is 6.33. The molecule has 43 heavy (non-hydrogen) atoms. The van der Waals surface area contributed by atoms with Gasteiger partial charge in [-0.2, -0.15) is 5.10 Å². The van der Waals surface area contributed by atoms with Crippen LogP contribution in [0.4, 0.5) is 4.79 Å². The van der Waals surface area contributed by atoms with Gasteiger partial charge in [-0.1, -0.05) is 13.0 Å². The predicted octanol–water partition coefficient (Wildman–Crippen LogP) is 3.15. The Morgan fingerprint density at radius 3 is 2.40 bits per heavy atom. The Morgan fingerprint density at radius 1 is 0.977 bits per heavy atom. The summed E-state index contributed by atoms with van der Waals surface area (Å²) in [5, 5.41) is 9.23. The van der Waals surface area contributed by atoms with Crippen molar-refractivity contribution in [3.8, 4) is 23.0 Å². The summed E-state index contributed by atoms with van der Waals surface area (Å²) in [4.78, 5) is 31.0. The molecule has 1 saturated heterocycles. The first kappa shape index (κ1) is 31.9. The number of methoxy groups -OCH3 is 4. The summed E-state index contributed by atoms with van der Waals surface area (Å²) in [6, 6.07) is 10.4. The highest BCUT2D eigenvalue weighted by atomic mass is 16.5. The highest BCUT2D eigenvalue weighted by molar-refractivity contribution is 6.05. The number of carbonyl (C=O) groups is 2. The van der Waals surface area contributed by atoms with Gasteiger partial charge in [-0.15, -0.1) is 0 Å². The Kier molecular flexibility index (Phi) is 11.5. The van der Waals surface area contributed by atoms with Crippen LogP contribution in [0, 0.1) is 0 Å². The SMILES string of the molecule is CCCNC(=O)N(CCN1CCOCC1)CC(=O)N1N=C(c2ccc(OC)cc2OC)C[C@H]1c1ccc(OC)c(OC)c1. The lowest BCUT2D eigenvalue weighted by molar-refractivity contribution is -0.133. The lowest BCUT2D eigenvalue weighted by atomic mass is 9.97. The van der Waals surface area contributed by atoms with Crippen LogP contribution >= 0.6 is 0 Å². The summed E-state index contributed by atoms with van der Waals surface area (Å²) < 4.78 is 27.5. The van der Waals surface area contributed by atoms with Gasteiger partial charge in [0.25, 0.3) is 5.91 Å². The third-order valence-electron chi connectivity index (χ3n) is 7.61. The quantitative estimate of drug-likeness (QED) is 0.375. The molecule has 1 atom stereocenters. The Morgan fingerprint density at radius 2 is 1.72 bits per heavy atom. The van der Waals surface area contributed by atoms with Crippen molar-refractivity contribution < 1.29 is 33.3 Å². The molecule has 1 fully saturated rings. The average molecular weight is 598 g/mol. The smallest absolute Gasteiger partial charge is 0.317 e. The maximum absolute atomic E-state index is 14.0. The number of carbonyl (C=O) groups excluding carboxylic acids is 2. The van der Waals surface area contributed by atoms with Crippen molar-refractivity contribution in [2.24, 2.45) is 5.10 Å². The fourth-order valence-electron chi connectivity index (χ4n) is 5.18. The minimum atomic E-state index is -0.436. The van der Waals surface area contributed by atoms with E-state index in [1.54, 1.807) is 39.4 Å². The normalized spacial score (nSPS) is 16.8. The molecule has 0 aliphatic carbocycles. The molecule has 2 aromatic carbocycles. The summed E-state index contributed by atoms with van der Waals surface area (Å²) >= 11 is 0. The van der Waals surface area contributed by atoms with Gasteiger partial charge >= 0.3 is 6.03 Å². The van der Waals surface area contributed by atoms with E-state index in [1.807, 2.05) is 37.3 Å². The second-order valence-electron chi connectivity index (χ2n) is 10.3. The van der Waals surface area contributed by atoms with E-state index in [0.717, 1.165) is 30.6 Å². The third kappa shape index (κ3) is 7.88. The van der Waals surface area contributed by atoms with Gasteiger partial charge in [-0.05, 0) is 36.2 Å². The van der Waals surface area contributed by atoms with Gasteiger partial charge in [0.05, 0.1) is 53.4 Å². The fourth-order valence-corrected chi connectivity index (χ4v) is 5.18. The molecule has 12 heteroatoms. The van der Waals surface area contributed by atoms with Crippen LogP contribution in [0.2, 0.25) is 0 Å². The van der Waals surface area contributed by atoms with Crippen molar-refractivity contribution in [3.63, 3.8) is 0 Å². The average Bonchev–Trinajstić information content (AvgIpc) is 3.50. The van der Waals surface area contributed by atoms with Crippen molar-refractivity contribution in [3.05, 3.63) is 47.5 Å². The number of hydrogen-bond donors (Lipinski definition) is 1. The Bertz CT molecular complexity index is 1280. The first-order valence-corrected chi connectivity index (χ1v) is 14.6. The second-order valence-corrected chi connectivity index (χ2v) is 10.3. The molecule has 3 amide bonds. The number of nitrogens with zero attached hydrogens (tertiary/aromatic N) is 4. The monoisotopic (exact) mass is 597 g/mol. The van der Waals surface area contributed by atoms with Gasteiger partial charge in [-0.25, -0.2) is 9.80 Å². The number of morpholine rings is 1. The van der Waals surface area contributed by atoms with E-state index in [-0.39, 0.29) is 18.5 Å². The molecule has 0 spiro atoms. The molecular weight excluding hydrogens is 554 g/mol. The first-order valence-electron chi connectivity index (χ1n) is 14.6. The molecule has 234 valence electrons. The Hall–Kier alpha value is -4.03. The standard InChI is InChI=1S/C31H43N5O7/c1-6-11-32-31(38)35(13-12-34-14-16-43-17-15-34)21-30(37)36-26(22-7-10-27(40-3)29(18-22)42-5)20-25(33-36)24-9-8-23(39-2)19-28(24)41-4/h7-10,18-19,26H,6,11-17,20-21H2,1-5H3,(H,32,38)/t26-/m0/s1. The van der Waals surface area contributed by atoms with Gasteiger partial charge in [0.15, 0.2) is 11.5 Å². The maximum Gasteiger partial charge on any atom is 0.317 e. The molecule has 2 heterocycles. The molecule has 0 unspecified atom stereocenters. The highest BCUT2D eigenvalue weighted by Gasteiger charge is 2.36. The van der Waals surface area contributed by atoms with Crippen LogP contribution in [0.5, 0.6) is 23.0 Å². The largest absolute Gasteiger partial charge is 0.497 e. The van der Waals surface area contributed by atoms with E-state index < -0.39 is 6.04 Å². The number of benzene rings is 2. The van der Waals surface area contributed by atoms with E-state index in [4.69, 9.17) is 28.8 Å². The molecule has 0 aromatic heterocycles. The third-order valence-corrected chi connectivity index (χ3v) is 7.61. The van der Waals surface area contributed by atoms with E-state index >= 15 is 0 Å². The van der Waals surface area contributed by atoms with Crippen LogP contribution in [-0.2, 0) is 9.53 Å². The zero-order valence-corrected chi connectivity index (χ0v) is 25.8. The molecule has 2 aliphatic heterocycles. The van der Waals surface area contributed by atoms with Crippen LogP contribution in [0.3, 0.4) is 0 Å². The summed E-state index contributed by atoms with van der Waals surface area (Å²) in [5.41, 5.74) is 2.27. The summed E-state index contributed by atoms with van der Waals surface area (Å²) in [6.07, 6.45) is 1.22. The lowest BCUT2D eigenvalue weighted by Crippen LogP contribution is -2.49. The van der Waals surface area contributed by atoms with Crippen LogP contribution in [-0.4, -0.2) is 113 Å². The van der Waals surface area contributed by atoms with E-state index in [1.165, 1.54) is 5.01 Å². The lowest BCUT2D eigenvalue weighted by Gasteiger charge is -2.31. The number of hydrazone groups is 1. The molecule has 0 saturated carbocycles.